The first-order valence-corrected chi connectivity index (χ1v) is 4.99. The molecule has 4 nitrogen and oxygen atoms in total. The average Bonchev–Trinajstić information content (AvgIpc) is 2.67. The summed E-state index contributed by atoms with van der Waals surface area (Å²) in [6.45, 7) is 8.15. The number of aldehydes is 1. The molecule has 0 unspecified atom stereocenters. The van der Waals surface area contributed by atoms with E-state index < -0.39 is 0 Å². The second-order valence-electron chi connectivity index (χ2n) is 3.16. The molecule has 0 aliphatic carbocycles. The third-order valence-corrected chi connectivity index (χ3v) is 2.42. The number of carbonyl (C=O) groups excluding carboxylic acids is 1. The minimum Gasteiger partial charge on any atom is -0.327 e. The molecule has 1 aromatic rings. The van der Waals surface area contributed by atoms with E-state index in [9.17, 15) is 4.79 Å². The standard InChI is InChI=1S/C10H17N3O/c1-3-12(4-2)5-6-13-9-11-7-10(13)8-14/h7-9H,3-6H2,1-2H3. The van der Waals surface area contributed by atoms with Gasteiger partial charge in [0.05, 0.1) is 12.5 Å². The van der Waals surface area contributed by atoms with Crippen LogP contribution in [0.2, 0.25) is 0 Å². The lowest BCUT2D eigenvalue weighted by Crippen LogP contribution is -2.27. The minimum atomic E-state index is 0.650. The first kappa shape index (κ1) is 10.9. The highest BCUT2D eigenvalue weighted by molar-refractivity contribution is 5.71. The normalized spacial score (nSPS) is 10.8. The monoisotopic (exact) mass is 195 g/mol. The van der Waals surface area contributed by atoms with E-state index in [2.05, 4.69) is 23.7 Å². The fourth-order valence-electron chi connectivity index (χ4n) is 1.40. The maximum Gasteiger partial charge on any atom is 0.168 e. The van der Waals surface area contributed by atoms with Gasteiger partial charge in [-0.25, -0.2) is 4.98 Å². The van der Waals surface area contributed by atoms with Crippen molar-refractivity contribution >= 4 is 6.29 Å². The predicted octanol–water partition coefficient (Wildman–Crippen LogP) is 1.04. The molecule has 0 aliphatic heterocycles. The summed E-state index contributed by atoms with van der Waals surface area (Å²) in [7, 11) is 0. The van der Waals surface area contributed by atoms with Crippen molar-refractivity contribution in [2.75, 3.05) is 19.6 Å². The molecular formula is C10H17N3O. The number of imidazole rings is 1. The van der Waals surface area contributed by atoms with E-state index in [1.165, 1.54) is 0 Å². The smallest absolute Gasteiger partial charge is 0.168 e. The van der Waals surface area contributed by atoms with Gasteiger partial charge in [0.1, 0.15) is 5.69 Å². The fraction of sp³-hybridized carbons (Fsp3) is 0.600. The molecule has 78 valence electrons. The molecule has 0 N–H and O–H groups in total. The van der Waals surface area contributed by atoms with E-state index >= 15 is 0 Å². The zero-order valence-corrected chi connectivity index (χ0v) is 8.81. The Morgan fingerprint density at radius 3 is 2.79 bits per heavy atom. The third kappa shape index (κ3) is 2.67. The van der Waals surface area contributed by atoms with Crippen LogP contribution in [0.25, 0.3) is 0 Å². The fourth-order valence-corrected chi connectivity index (χ4v) is 1.40. The summed E-state index contributed by atoms with van der Waals surface area (Å²) in [4.78, 5) is 16.8. The Kier molecular flexibility index (Phi) is 4.32. The molecule has 1 rings (SSSR count). The van der Waals surface area contributed by atoms with Crippen molar-refractivity contribution in [3.05, 3.63) is 18.2 Å². The summed E-state index contributed by atoms with van der Waals surface area (Å²) in [5.74, 6) is 0. The van der Waals surface area contributed by atoms with Crippen molar-refractivity contribution in [3.63, 3.8) is 0 Å². The highest BCUT2D eigenvalue weighted by atomic mass is 16.1. The van der Waals surface area contributed by atoms with E-state index in [1.54, 1.807) is 12.5 Å². The lowest BCUT2D eigenvalue weighted by molar-refractivity contribution is 0.111. The summed E-state index contributed by atoms with van der Waals surface area (Å²) in [6, 6.07) is 0. The molecule has 0 radical (unpaired) electrons. The molecule has 0 fully saturated rings. The minimum absolute atomic E-state index is 0.650. The molecule has 1 aromatic heterocycles. The molecule has 0 amide bonds. The van der Waals surface area contributed by atoms with Gasteiger partial charge in [-0.2, -0.15) is 0 Å². The topological polar surface area (TPSA) is 38.1 Å². The first-order chi connectivity index (χ1) is 6.81. The van der Waals surface area contributed by atoms with Gasteiger partial charge in [0.25, 0.3) is 0 Å². The summed E-state index contributed by atoms with van der Waals surface area (Å²) < 4.78 is 1.88. The molecule has 0 saturated heterocycles. The van der Waals surface area contributed by atoms with Crippen LogP contribution >= 0.6 is 0 Å². The van der Waals surface area contributed by atoms with Crippen molar-refractivity contribution in [1.29, 1.82) is 0 Å². The van der Waals surface area contributed by atoms with Crippen LogP contribution in [-0.2, 0) is 6.54 Å². The summed E-state index contributed by atoms with van der Waals surface area (Å²) in [5.41, 5.74) is 0.650. The zero-order chi connectivity index (χ0) is 10.4. The number of carbonyl (C=O) groups is 1. The van der Waals surface area contributed by atoms with E-state index in [1.807, 2.05) is 4.57 Å². The van der Waals surface area contributed by atoms with Gasteiger partial charge in [0.15, 0.2) is 6.29 Å². The molecule has 0 aliphatic rings. The Balaban J connectivity index is 2.48. The van der Waals surface area contributed by atoms with Gasteiger partial charge in [-0.05, 0) is 13.1 Å². The van der Waals surface area contributed by atoms with Crippen molar-refractivity contribution < 1.29 is 4.79 Å². The summed E-state index contributed by atoms with van der Waals surface area (Å²) in [6.07, 6.45) is 4.14. The Morgan fingerprint density at radius 1 is 1.50 bits per heavy atom. The lowest BCUT2D eigenvalue weighted by atomic mass is 10.4. The Morgan fingerprint density at radius 2 is 2.21 bits per heavy atom. The molecule has 1 heterocycles. The van der Waals surface area contributed by atoms with Gasteiger partial charge in [-0.15, -0.1) is 0 Å². The maximum atomic E-state index is 10.6. The average molecular weight is 195 g/mol. The van der Waals surface area contributed by atoms with Gasteiger partial charge < -0.3 is 9.47 Å². The van der Waals surface area contributed by atoms with Crippen LogP contribution in [0, 0.1) is 0 Å². The number of likely N-dealkylation sites (N-methyl/N-ethyl adjacent to an activating group) is 1. The molecule has 0 spiro atoms. The molecular weight excluding hydrogens is 178 g/mol. The van der Waals surface area contributed by atoms with Gasteiger partial charge in [-0.3, -0.25) is 4.79 Å². The molecule has 0 atom stereocenters. The maximum absolute atomic E-state index is 10.6. The second-order valence-corrected chi connectivity index (χ2v) is 3.16. The summed E-state index contributed by atoms with van der Waals surface area (Å²) >= 11 is 0. The van der Waals surface area contributed by atoms with Crippen LogP contribution in [0.3, 0.4) is 0 Å². The second kappa shape index (κ2) is 5.54. The zero-order valence-electron chi connectivity index (χ0n) is 8.81. The molecule has 4 heteroatoms. The quantitative estimate of drug-likeness (QED) is 0.636. The Labute approximate surface area is 84.5 Å². The van der Waals surface area contributed by atoms with Gasteiger partial charge >= 0.3 is 0 Å². The molecule has 0 aromatic carbocycles. The van der Waals surface area contributed by atoms with E-state index in [0.717, 1.165) is 32.5 Å². The SMILES string of the molecule is CCN(CC)CCn1cncc1C=O. The first-order valence-electron chi connectivity index (χ1n) is 4.99. The number of hydrogen-bond acceptors (Lipinski definition) is 3. The van der Waals surface area contributed by atoms with E-state index in [4.69, 9.17) is 0 Å². The molecule has 0 bridgehead atoms. The van der Waals surface area contributed by atoms with Crippen LogP contribution in [0.1, 0.15) is 24.3 Å². The Bertz CT molecular complexity index is 279. The molecule has 14 heavy (non-hydrogen) atoms. The largest absolute Gasteiger partial charge is 0.327 e. The van der Waals surface area contributed by atoms with Crippen molar-refractivity contribution in [3.8, 4) is 0 Å². The van der Waals surface area contributed by atoms with Gasteiger partial charge in [-0.1, -0.05) is 13.8 Å². The van der Waals surface area contributed by atoms with Crippen LogP contribution in [0.5, 0.6) is 0 Å². The third-order valence-electron chi connectivity index (χ3n) is 2.42. The lowest BCUT2D eigenvalue weighted by Gasteiger charge is -2.18. The highest BCUT2D eigenvalue weighted by Gasteiger charge is 2.02. The van der Waals surface area contributed by atoms with Crippen LogP contribution < -0.4 is 0 Å². The number of aromatic nitrogens is 2. The number of nitrogens with zero attached hydrogens (tertiary/aromatic N) is 3. The molecule has 0 saturated carbocycles. The Hall–Kier alpha value is -1.16. The van der Waals surface area contributed by atoms with Gasteiger partial charge in [0, 0.05) is 13.1 Å². The summed E-state index contributed by atoms with van der Waals surface area (Å²) in [5, 5.41) is 0. The van der Waals surface area contributed by atoms with Crippen molar-refractivity contribution in [2.24, 2.45) is 0 Å². The van der Waals surface area contributed by atoms with Crippen LogP contribution in [-0.4, -0.2) is 40.4 Å². The number of rotatable bonds is 6. The van der Waals surface area contributed by atoms with E-state index in [-0.39, 0.29) is 0 Å². The number of hydrogen-bond donors (Lipinski definition) is 0. The highest BCUT2D eigenvalue weighted by Crippen LogP contribution is 1.96. The van der Waals surface area contributed by atoms with Crippen molar-refractivity contribution in [1.82, 2.24) is 14.5 Å². The van der Waals surface area contributed by atoms with Gasteiger partial charge in [0.2, 0.25) is 0 Å². The van der Waals surface area contributed by atoms with Crippen molar-refractivity contribution in [2.45, 2.75) is 20.4 Å². The van der Waals surface area contributed by atoms with E-state index in [0.29, 0.717) is 5.69 Å². The predicted molar refractivity (Wildman–Crippen MR) is 55.4 cm³/mol. The van der Waals surface area contributed by atoms with Crippen LogP contribution in [0.15, 0.2) is 12.5 Å². The van der Waals surface area contributed by atoms with Crippen LogP contribution in [0.4, 0.5) is 0 Å².